The molecule has 0 rings (SSSR count). The third-order valence-electron chi connectivity index (χ3n) is 2.40. The number of hydrogen-bond acceptors (Lipinski definition) is 2. The molecule has 0 aromatic rings. The van der Waals surface area contributed by atoms with Gasteiger partial charge in [0, 0.05) is 11.4 Å². The molecule has 0 saturated heterocycles. The van der Waals surface area contributed by atoms with Crippen molar-refractivity contribution in [1.82, 2.24) is 5.32 Å². The molecule has 1 atom stereocenters. The number of carbonyl (C=O) groups excluding carboxylic acids is 1. The fraction of sp³-hybridized carbons (Fsp3) is 0.917. The molecule has 1 N–H and O–H groups in total. The van der Waals surface area contributed by atoms with Crippen LogP contribution in [-0.4, -0.2) is 23.1 Å². The standard InChI is InChI=1S/C12H24BrNO2/c1-6-9(7-2)10(13)8-14-11(15)16-12(3,4)5/h9-10H,6-8H2,1-5H3,(H,14,15). The van der Waals surface area contributed by atoms with E-state index in [1.807, 2.05) is 20.8 Å². The van der Waals surface area contributed by atoms with E-state index in [2.05, 4.69) is 35.1 Å². The van der Waals surface area contributed by atoms with Gasteiger partial charge >= 0.3 is 6.09 Å². The van der Waals surface area contributed by atoms with Crippen LogP contribution in [0.4, 0.5) is 4.79 Å². The van der Waals surface area contributed by atoms with E-state index in [9.17, 15) is 4.79 Å². The van der Waals surface area contributed by atoms with Crippen LogP contribution in [0.3, 0.4) is 0 Å². The monoisotopic (exact) mass is 293 g/mol. The van der Waals surface area contributed by atoms with Gasteiger partial charge in [-0.05, 0) is 26.7 Å². The van der Waals surface area contributed by atoms with Gasteiger partial charge in [-0.25, -0.2) is 4.79 Å². The van der Waals surface area contributed by atoms with E-state index in [0.29, 0.717) is 17.3 Å². The van der Waals surface area contributed by atoms with Crippen LogP contribution in [-0.2, 0) is 4.74 Å². The third-order valence-corrected chi connectivity index (χ3v) is 3.47. The van der Waals surface area contributed by atoms with Crippen molar-refractivity contribution in [3.05, 3.63) is 0 Å². The van der Waals surface area contributed by atoms with E-state index in [1.165, 1.54) is 0 Å². The smallest absolute Gasteiger partial charge is 0.407 e. The maximum atomic E-state index is 11.4. The summed E-state index contributed by atoms with van der Waals surface area (Å²) in [5.41, 5.74) is -0.430. The molecule has 0 bridgehead atoms. The van der Waals surface area contributed by atoms with Crippen molar-refractivity contribution in [2.24, 2.45) is 5.92 Å². The summed E-state index contributed by atoms with van der Waals surface area (Å²) in [6, 6.07) is 0. The van der Waals surface area contributed by atoms with E-state index >= 15 is 0 Å². The summed E-state index contributed by atoms with van der Waals surface area (Å²) in [6.07, 6.45) is 1.88. The number of nitrogens with one attached hydrogen (secondary N) is 1. The maximum absolute atomic E-state index is 11.4. The molecule has 3 nitrogen and oxygen atoms in total. The number of hydrogen-bond donors (Lipinski definition) is 1. The van der Waals surface area contributed by atoms with Crippen molar-refractivity contribution in [2.75, 3.05) is 6.54 Å². The Bertz CT molecular complexity index is 210. The van der Waals surface area contributed by atoms with Gasteiger partial charge in [-0.1, -0.05) is 42.6 Å². The molecule has 1 amide bonds. The SMILES string of the molecule is CCC(CC)C(Br)CNC(=O)OC(C)(C)C. The van der Waals surface area contributed by atoms with Crippen LogP contribution in [0.1, 0.15) is 47.5 Å². The van der Waals surface area contributed by atoms with Crippen LogP contribution in [0.25, 0.3) is 0 Å². The number of amides is 1. The molecule has 0 saturated carbocycles. The highest BCUT2D eigenvalue weighted by Gasteiger charge is 2.19. The van der Waals surface area contributed by atoms with Gasteiger partial charge in [-0.3, -0.25) is 0 Å². The topological polar surface area (TPSA) is 38.3 Å². The third kappa shape index (κ3) is 7.09. The van der Waals surface area contributed by atoms with Gasteiger partial charge in [-0.2, -0.15) is 0 Å². The number of alkyl halides is 1. The summed E-state index contributed by atoms with van der Waals surface area (Å²) in [4.78, 5) is 11.7. The molecule has 0 heterocycles. The first-order chi connectivity index (χ1) is 7.30. The Morgan fingerprint density at radius 1 is 1.31 bits per heavy atom. The van der Waals surface area contributed by atoms with Gasteiger partial charge < -0.3 is 10.1 Å². The van der Waals surface area contributed by atoms with E-state index in [0.717, 1.165) is 12.8 Å². The second kappa shape index (κ2) is 7.15. The quantitative estimate of drug-likeness (QED) is 0.785. The fourth-order valence-corrected chi connectivity index (χ4v) is 2.37. The molecule has 0 aromatic heterocycles. The largest absolute Gasteiger partial charge is 0.444 e. The predicted molar refractivity (Wildman–Crippen MR) is 71.0 cm³/mol. The van der Waals surface area contributed by atoms with E-state index in [1.54, 1.807) is 0 Å². The van der Waals surface area contributed by atoms with Crippen molar-refractivity contribution >= 4 is 22.0 Å². The highest BCUT2D eigenvalue weighted by Crippen LogP contribution is 2.19. The van der Waals surface area contributed by atoms with Crippen molar-refractivity contribution in [2.45, 2.75) is 57.9 Å². The molecule has 0 aromatic carbocycles. The van der Waals surface area contributed by atoms with E-state index in [-0.39, 0.29) is 6.09 Å². The first-order valence-electron chi connectivity index (χ1n) is 5.91. The van der Waals surface area contributed by atoms with Gasteiger partial charge in [0.05, 0.1) is 0 Å². The van der Waals surface area contributed by atoms with Crippen molar-refractivity contribution in [1.29, 1.82) is 0 Å². The van der Waals surface area contributed by atoms with E-state index in [4.69, 9.17) is 4.74 Å². The zero-order chi connectivity index (χ0) is 12.8. The minimum Gasteiger partial charge on any atom is -0.444 e. The number of alkyl carbamates (subject to hydrolysis) is 1. The summed E-state index contributed by atoms with van der Waals surface area (Å²) in [5, 5.41) is 2.78. The Morgan fingerprint density at radius 2 is 1.81 bits per heavy atom. The fourth-order valence-electron chi connectivity index (χ4n) is 1.46. The van der Waals surface area contributed by atoms with Crippen LogP contribution < -0.4 is 5.32 Å². The molecule has 1 unspecified atom stereocenters. The van der Waals surface area contributed by atoms with Gasteiger partial charge in [0.25, 0.3) is 0 Å². The van der Waals surface area contributed by atoms with Gasteiger partial charge in [0.2, 0.25) is 0 Å². The summed E-state index contributed by atoms with van der Waals surface area (Å²) in [6.45, 7) is 10.5. The molecular weight excluding hydrogens is 270 g/mol. The average Bonchev–Trinajstić information content (AvgIpc) is 2.14. The van der Waals surface area contributed by atoms with Gasteiger partial charge in [0.15, 0.2) is 0 Å². The molecule has 96 valence electrons. The van der Waals surface area contributed by atoms with Crippen LogP contribution in [0.2, 0.25) is 0 Å². The summed E-state index contributed by atoms with van der Waals surface area (Å²) in [5.74, 6) is 0.593. The number of carbonyl (C=O) groups is 1. The van der Waals surface area contributed by atoms with Crippen molar-refractivity contribution in [3.63, 3.8) is 0 Å². The molecule has 0 fully saturated rings. The average molecular weight is 294 g/mol. The molecule has 0 radical (unpaired) electrons. The van der Waals surface area contributed by atoms with Gasteiger partial charge in [-0.15, -0.1) is 0 Å². The normalized spacial score (nSPS) is 13.7. The first-order valence-corrected chi connectivity index (χ1v) is 6.82. The first kappa shape index (κ1) is 15.8. The Labute approximate surface area is 107 Å². The zero-order valence-electron chi connectivity index (χ0n) is 11.0. The second-order valence-corrected chi connectivity index (χ2v) is 6.15. The molecule has 16 heavy (non-hydrogen) atoms. The maximum Gasteiger partial charge on any atom is 0.407 e. The Balaban J connectivity index is 3.92. The second-order valence-electron chi connectivity index (χ2n) is 4.98. The molecule has 4 heteroatoms. The lowest BCUT2D eigenvalue weighted by Crippen LogP contribution is -2.37. The molecule has 0 aliphatic carbocycles. The highest BCUT2D eigenvalue weighted by molar-refractivity contribution is 9.09. The summed E-state index contributed by atoms with van der Waals surface area (Å²) < 4.78 is 5.16. The zero-order valence-corrected chi connectivity index (χ0v) is 12.6. The Kier molecular flexibility index (Phi) is 7.04. The lowest BCUT2D eigenvalue weighted by atomic mass is 9.99. The molecule has 0 aliphatic heterocycles. The highest BCUT2D eigenvalue weighted by atomic mass is 79.9. The van der Waals surface area contributed by atoms with Crippen LogP contribution in [0.15, 0.2) is 0 Å². The molecule has 0 spiro atoms. The number of rotatable bonds is 5. The van der Waals surface area contributed by atoms with Crippen LogP contribution in [0.5, 0.6) is 0 Å². The predicted octanol–water partition coefficient (Wildman–Crippen LogP) is 3.71. The van der Waals surface area contributed by atoms with Crippen molar-refractivity contribution < 1.29 is 9.53 Å². The Morgan fingerprint density at radius 3 is 2.19 bits per heavy atom. The lowest BCUT2D eigenvalue weighted by Gasteiger charge is -2.23. The van der Waals surface area contributed by atoms with Crippen LogP contribution in [0, 0.1) is 5.92 Å². The number of ether oxygens (including phenoxy) is 1. The van der Waals surface area contributed by atoms with E-state index < -0.39 is 5.60 Å². The molecular formula is C12H24BrNO2. The van der Waals surface area contributed by atoms with Crippen molar-refractivity contribution in [3.8, 4) is 0 Å². The Hall–Kier alpha value is -0.250. The summed E-state index contributed by atoms with van der Waals surface area (Å²) >= 11 is 3.60. The number of halogens is 1. The van der Waals surface area contributed by atoms with Crippen LogP contribution >= 0.6 is 15.9 Å². The minimum atomic E-state index is -0.430. The van der Waals surface area contributed by atoms with Gasteiger partial charge in [0.1, 0.15) is 5.60 Å². The minimum absolute atomic E-state index is 0.315. The molecule has 0 aliphatic rings. The lowest BCUT2D eigenvalue weighted by molar-refractivity contribution is 0.0526. The summed E-state index contributed by atoms with van der Waals surface area (Å²) in [7, 11) is 0.